The van der Waals surface area contributed by atoms with E-state index in [0.29, 0.717) is 12.2 Å². The lowest BCUT2D eigenvalue weighted by molar-refractivity contribution is 0.717. The Labute approximate surface area is 148 Å². The van der Waals surface area contributed by atoms with E-state index in [0.717, 1.165) is 23.4 Å². The zero-order chi connectivity index (χ0) is 17.6. The highest BCUT2D eigenvalue weighted by molar-refractivity contribution is 5.46. The third-order valence-corrected chi connectivity index (χ3v) is 4.36. The van der Waals surface area contributed by atoms with Crippen molar-refractivity contribution in [2.75, 3.05) is 5.32 Å². The van der Waals surface area contributed by atoms with E-state index in [4.69, 9.17) is 0 Å². The average Bonchev–Trinajstić information content (AvgIpc) is 2.62. The summed E-state index contributed by atoms with van der Waals surface area (Å²) in [6, 6.07) is 14.0. The molecule has 0 bridgehead atoms. The summed E-state index contributed by atoms with van der Waals surface area (Å²) in [6.07, 6.45) is 6.73. The molecule has 3 aromatic rings. The Morgan fingerprint density at radius 2 is 1.88 bits per heavy atom. The zero-order valence-electron chi connectivity index (χ0n) is 15.0. The van der Waals surface area contributed by atoms with Gasteiger partial charge in [-0.2, -0.15) is 0 Å². The quantitative estimate of drug-likeness (QED) is 0.653. The molecule has 2 aromatic heterocycles. The first kappa shape index (κ1) is 17.2. The smallest absolute Gasteiger partial charge is 0.258 e. The van der Waals surface area contributed by atoms with E-state index in [1.807, 2.05) is 25.3 Å². The Morgan fingerprint density at radius 1 is 1.08 bits per heavy atom. The van der Waals surface area contributed by atoms with Crippen molar-refractivity contribution >= 4 is 11.3 Å². The van der Waals surface area contributed by atoms with Gasteiger partial charge in [0.05, 0.1) is 12.2 Å². The standard InChI is InChI=1S/C21H25N3O/c1-3-4-5-6-17-8-10-18(11-9-17)22-14-19-13-21(25)24-15-16(2)7-12-20(24)23-19/h7-13,15,22H,3-6,14H2,1-2H3. The molecule has 0 aliphatic rings. The maximum atomic E-state index is 12.2. The van der Waals surface area contributed by atoms with Gasteiger partial charge in [-0.05, 0) is 49.1 Å². The normalized spacial score (nSPS) is 11.0. The van der Waals surface area contributed by atoms with E-state index >= 15 is 0 Å². The Hall–Kier alpha value is -2.62. The van der Waals surface area contributed by atoms with Crippen molar-refractivity contribution in [3.63, 3.8) is 0 Å². The van der Waals surface area contributed by atoms with Gasteiger partial charge in [0.15, 0.2) is 0 Å². The van der Waals surface area contributed by atoms with Crippen LogP contribution >= 0.6 is 0 Å². The van der Waals surface area contributed by atoms with E-state index in [1.165, 1.54) is 24.8 Å². The Bertz CT molecular complexity index is 897. The second kappa shape index (κ2) is 7.97. The summed E-state index contributed by atoms with van der Waals surface area (Å²) >= 11 is 0. The second-order valence-electron chi connectivity index (χ2n) is 6.53. The maximum Gasteiger partial charge on any atom is 0.258 e. The topological polar surface area (TPSA) is 46.4 Å². The van der Waals surface area contributed by atoms with Crippen molar-refractivity contribution in [1.82, 2.24) is 9.38 Å². The minimum Gasteiger partial charge on any atom is -0.379 e. The molecule has 4 nitrogen and oxygen atoms in total. The molecule has 0 atom stereocenters. The van der Waals surface area contributed by atoms with Crippen molar-refractivity contribution in [1.29, 1.82) is 0 Å². The predicted octanol–water partition coefficient (Wildman–Crippen LogP) is 4.35. The van der Waals surface area contributed by atoms with Crippen molar-refractivity contribution in [3.8, 4) is 0 Å². The minimum atomic E-state index is -0.0447. The van der Waals surface area contributed by atoms with E-state index in [2.05, 4.69) is 41.5 Å². The van der Waals surface area contributed by atoms with Gasteiger partial charge in [-0.3, -0.25) is 9.20 Å². The Balaban J connectivity index is 1.66. The fourth-order valence-corrected chi connectivity index (χ4v) is 2.91. The van der Waals surface area contributed by atoms with Gasteiger partial charge >= 0.3 is 0 Å². The van der Waals surface area contributed by atoms with Crippen molar-refractivity contribution in [2.24, 2.45) is 0 Å². The van der Waals surface area contributed by atoms with Gasteiger partial charge in [0.25, 0.3) is 5.56 Å². The molecule has 1 N–H and O–H groups in total. The van der Waals surface area contributed by atoms with Gasteiger partial charge in [-0.15, -0.1) is 0 Å². The first-order valence-corrected chi connectivity index (χ1v) is 8.97. The largest absolute Gasteiger partial charge is 0.379 e. The molecule has 1 aromatic carbocycles. The number of rotatable bonds is 7. The van der Waals surface area contributed by atoms with Crippen LogP contribution in [0.3, 0.4) is 0 Å². The number of benzene rings is 1. The molecule has 0 fully saturated rings. The number of unbranched alkanes of at least 4 members (excludes halogenated alkanes) is 2. The molecule has 25 heavy (non-hydrogen) atoms. The molecule has 0 amide bonds. The highest BCUT2D eigenvalue weighted by Gasteiger charge is 2.03. The number of hydrogen-bond donors (Lipinski definition) is 1. The summed E-state index contributed by atoms with van der Waals surface area (Å²) in [7, 11) is 0. The van der Waals surface area contributed by atoms with Crippen LogP contribution in [-0.4, -0.2) is 9.38 Å². The Morgan fingerprint density at radius 3 is 2.64 bits per heavy atom. The zero-order valence-corrected chi connectivity index (χ0v) is 15.0. The number of nitrogens with zero attached hydrogens (tertiary/aromatic N) is 2. The van der Waals surface area contributed by atoms with Crippen LogP contribution in [0.1, 0.15) is 43.0 Å². The van der Waals surface area contributed by atoms with Crippen LogP contribution in [-0.2, 0) is 13.0 Å². The van der Waals surface area contributed by atoms with Crippen LogP contribution < -0.4 is 10.9 Å². The highest BCUT2D eigenvalue weighted by atomic mass is 16.1. The van der Waals surface area contributed by atoms with Crippen molar-refractivity contribution in [2.45, 2.75) is 46.1 Å². The summed E-state index contributed by atoms with van der Waals surface area (Å²) in [5.74, 6) is 0. The van der Waals surface area contributed by atoms with Gasteiger partial charge in [-0.1, -0.05) is 38.0 Å². The fraction of sp³-hybridized carbons (Fsp3) is 0.333. The van der Waals surface area contributed by atoms with E-state index < -0.39 is 0 Å². The summed E-state index contributed by atoms with van der Waals surface area (Å²) in [5.41, 5.74) is 4.85. The molecule has 0 unspecified atom stereocenters. The lowest BCUT2D eigenvalue weighted by Gasteiger charge is -2.09. The second-order valence-corrected chi connectivity index (χ2v) is 6.53. The molecular weight excluding hydrogens is 310 g/mol. The lowest BCUT2D eigenvalue weighted by Crippen LogP contribution is -2.17. The first-order valence-electron chi connectivity index (χ1n) is 8.97. The van der Waals surface area contributed by atoms with Gasteiger partial charge in [-0.25, -0.2) is 4.98 Å². The van der Waals surface area contributed by atoms with Gasteiger partial charge in [0.1, 0.15) is 5.65 Å². The molecule has 4 heteroatoms. The molecule has 2 heterocycles. The van der Waals surface area contributed by atoms with Gasteiger partial charge in [0, 0.05) is 18.0 Å². The monoisotopic (exact) mass is 335 g/mol. The van der Waals surface area contributed by atoms with Gasteiger partial charge in [0.2, 0.25) is 0 Å². The van der Waals surface area contributed by atoms with Crippen molar-refractivity contribution in [3.05, 3.63) is 75.8 Å². The molecule has 0 radical (unpaired) electrons. The summed E-state index contributed by atoms with van der Waals surface area (Å²) < 4.78 is 1.59. The molecule has 0 saturated heterocycles. The minimum absolute atomic E-state index is 0.0447. The molecule has 0 aliphatic carbocycles. The van der Waals surface area contributed by atoms with Crippen LogP contribution in [0.2, 0.25) is 0 Å². The molecule has 0 aliphatic heterocycles. The fourth-order valence-electron chi connectivity index (χ4n) is 2.91. The average molecular weight is 335 g/mol. The maximum absolute atomic E-state index is 12.2. The summed E-state index contributed by atoms with van der Waals surface area (Å²) in [5, 5.41) is 3.35. The van der Waals surface area contributed by atoms with Crippen LogP contribution in [0.15, 0.2) is 53.5 Å². The molecule has 0 spiro atoms. The number of fused-ring (bicyclic) bond motifs is 1. The number of aromatic nitrogens is 2. The summed E-state index contributed by atoms with van der Waals surface area (Å²) in [4.78, 5) is 16.8. The van der Waals surface area contributed by atoms with Crippen LogP contribution in [0.4, 0.5) is 5.69 Å². The van der Waals surface area contributed by atoms with Crippen LogP contribution in [0.25, 0.3) is 5.65 Å². The van der Waals surface area contributed by atoms with E-state index in [9.17, 15) is 4.79 Å². The molecular formula is C21H25N3O. The van der Waals surface area contributed by atoms with Crippen LogP contribution in [0, 0.1) is 6.92 Å². The molecule has 0 saturated carbocycles. The number of anilines is 1. The number of aryl methyl sites for hydroxylation is 2. The molecule has 3 rings (SSSR count). The third kappa shape index (κ3) is 4.47. The highest BCUT2D eigenvalue weighted by Crippen LogP contribution is 2.13. The predicted molar refractivity (Wildman–Crippen MR) is 103 cm³/mol. The first-order chi connectivity index (χ1) is 12.2. The number of pyridine rings is 1. The Kier molecular flexibility index (Phi) is 5.49. The van der Waals surface area contributed by atoms with E-state index in [1.54, 1.807) is 10.5 Å². The third-order valence-electron chi connectivity index (χ3n) is 4.36. The van der Waals surface area contributed by atoms with Crippen molar-refractivity contribution < 1.29 is 0 Å². The number of hydrogen-bond acceptors (Lipinski definition) is 3. The molecule has 130 valence electrons. The SMILES string of the molecule is CCCCCc1ccc(NCc2cc(=O)n3cc(C)ccc3n2)cc1. The van der Waals surface area contributed by atoms with Gasteiger partial charge < -0.3 is 5.32 Å². The van der Waals surface area contributed by atoms with E-state index in [-0.39, 0.29) is 5.56 Å². The lowest BCUT2D eigenvalue weighted by atomic mass is 10.1. The van der Waals surface area contributed by atoms with Crippen LogP contribution in [0.5, 0.6) is 0 Å². The summed E-state index contributed by atoms with van der Waals surface area (Å²) in [6.45, 7) is 4.73. The number of nitrogens with one attached hydrogen (secondary N) is 1.